The number of ether oxygens (including phenoxy) is 2. The Morgan fingerprint density at radius 1 is 1.03 bits per heavy atom. The van der Waals surface area contributed by atoms with Crippen LogP contribution in [-0.2, 0) is 30.4 Å². The van der Waals surface area contributed by atoms with Gasteiger partial charge in [0.05, 0.1) is 31.3 Å². The van der Waals surface area contributed by atoms with E-state index >= 15 is 0 Å². The predicted molar refractivity (Wildman–Crippen MR) is 160 cm³/mol. The van der Waals surface area contributed by atoms with Crippen LogP contribution >= 0.6 is 0 Å². The number of carbonyl (C=O) groups is 1. The molecule has 2 aromatic rings. The van der Waals surface area contributed by atoms with Crippen molar-refractivity contribution in [3.05, 3.63) is 71.8 Å². The van der Waals surface area contributed by atoms with Crippen molar-refractivity contribution < 1.29 is 27.1 Å². The molecular weight excluding hydrogens is 528 g/mol. The van der Waals surface area contributed by atoms with E-state index in [0.717, 1.165) is 16.9 Å². The molecule has 0 aliphatic heterocycles. The first-order valence-electron chi connectivity index (χ1n) is 13.5. The molecule has 0 amide bonds. The summed E-state index contributed by atoms with van der Waals surface area (Å²) < 4.78 is 45.2. The van der Waals surface area contributed by atoms with Gasteiger partial charge < -0.3 is 13.9 Å². The molecule has 2 aromatic carbocycles. The Morgan fingerprint density at radius 3 is 2.13 bits per heavy atom. The number of hydrogen-bond donors (Lipinski definition) is 0. The molecule has 0 bridgehead atoms. The topological polar surface area (TPSA) is 78.9 Å². The highest BCUT2D eigenvalue weighted by Gasteiger charge is 2.40. The first-order chi connectivity index (χ1) is 18.1. The fourth-order valence-corrected chi connectivity index (χ4v) is 7.41. The van der Waals surface area contributed by atoms with Crippen molar-refractivity contribution in [3.8, 4) is 5.75 Å². The van der Waals surface area contributed by atoms with Crippen LogP contribution in [0.1, 0.15) is 53.5 Å². The highest BCUT2D eigenvalue weighted by atomic mass is 32.2. The van der Waals surface area contributed by atoms with Gasteiger partial charge in [0.15, 0.2) is 23.9 Å². The van der Waals surface area contributed by atoms with Crippen molar-refractivity contribution in [2.24, 2.45) is 5.92 Å². The minimum Gasteiger partial charge on any atom is -0.497 e. The second-order valence-electron chi connectivity index (χ2n) is 11.7. The lowest BCUT2D eigenvalue weighted by Gasteiger charge is -2.39. The Bertz CT molecular complexity index is 1200. The number of ketones is 1. The summed E-state index contributed by atoms with van der Waals surface area (Å²) in [5, 5.41) is -1.27. The molecule has 6 nitrogen and oxygen atoms in total. The maximum atomic E-state index is 13.8. The second-order valence-corrected chi connectivity index (χ2v) is 18.5. The summed E-state index contributed by atoms with van der Waals surface area (Å²) in [5.74, 6) is -0.280. The van der Waals surface area contributed by atoms with Gasteiger partial charge in [0.1, 0.15) is 11.0 Å². The molecule has 0 heterocycles. The van der Waals surface area contributed by atoms with Crippen LogP contribution in [0, 0.1) is 5.92 Å². The SMILES string of the molecule is CC[C@@H](O[Si](C)(C)C(C)(C)C)/C(C)=C/C(=O)C([C@H](C)COCc1ccc(OC)cc1)S(=O)(=O)c1ccccc1. The van der Waals surface area contributed by atoms with Gasteiger partial charge in [-0.2, -0.15) is 0 Å². The normalized spacial score (nSPS) is 15.5. The van der Waals surface area contributed by atoms with Crippen molar-refractivity contribution >= 4 is 23.9 Å². The van der Waals surface area contributed by atoms with Gasteiger partial charge in [-0.3, -0.25) is 4.79 Å². The van der Waals surface area contributed by atoms with Crippen LogP contribution < -0.4 is 4.74 Å². The van der Waals surface area contributed by atoms with Crippen molar-refractivity contribution in [1.29, 1.82) is 0 Å². The lowest BCUT2D eigenvalue weighted by Crippen LogP contribution is -2.44. The maximum absolute atomic E-state index is 13.8. The summed E-state index contributed by atoms with van der Waals surface area (Å²) in [5.41, 5.74) is 1.67. The van der Waals surface area contributed by atoms with Crippen LogP contribution in [0.5, 0.6) is 5.75 Å². The van der Waals surface area contributed by atoms with E-state index in [1.165, 1.54) is 18.2 Å². The number of methoxy groups -OCH3 is 1. The first kappa shape index (κ1) is 32.9. The molecule has 0 aliphatic rings. The Morgan fingerprint density at radius 2 is 1.62 bits per heavy atom. The summed E-state index contributed by atoms with van der Waals surface area (Å²) >= 11 is 0. The zero-order chi connectivity index (χ0) is 29.4. The molecule has 0 radical (unpaired) electrons. The number of hydrogen-bond acceptors (Lipinski definition) is 6. The van der Waals surface area contributed by atoms with Gasteiger partial charge >= 0.3 is 0 Å². The smallest absolute Gasteiger partial charge is 0.192 e. The minimum atomic E-state index is -3.96. The fraction of sp³-hybridized carbons (Fsp3) is 0.516. The Kier molecular flexibility index (Phi) is 11.7. The highest BCUT2D eigenvalue weighted by molar-refractivity contribution is 7.92. The number of allylic oxidation sites excluding steroid dienone is 1. The van der Waals surface area contributed by atoms with Gasteiger partial charge in [-0.25, -0.2) is 8.42 Å². The van der Waals surface area contributed by atoms with Crippen LogP contribution in [0.3, 0.4) is 0 Å². The standard InChI is InChI=1S/C31H46O6SSi/c1-10-29(37-39(8,9)31(4,5)6)23(2)20-28(32)30(38(33,34)27-14-12-11-13-15-27)24(3)21-36-22-25-16-18-26(35-7)19-17-25/h11-20,24,29-30H,10,21-22H2,1-9H3/b23-20+/t24-,29-,30?/m1/s1. The van der Waals surface area contributed by atoms with E-state index in [-0.39, 0.29) is 22.6 Å². The molecule has 0 fully saturated rings. The van der Waals surface area contributed by atoms with Crippen LogP contribution in [-0.4, -0.2) is 47.6 Å². The van der Waals surface area contributed by atoms with Crippen LogP contribution in [0.15, 0.2) is 71.1 Å². The largest absolute Gasteiger partial charge is 0.497 e. The summed E-state index contributed by atoms with van der Waals surface area (Å²) in [6.45, 7) is 16.9. The van der Waals surface area contributed by atoms with Crippen molar-refractivity contribution in [1.82, 2.24) is 0 Å². The molecule has 0 saturated carbocycles. The Balaban J connectivity index is 2.32. The zero-order valence-corrected chi connectivity index (χ0v) is 26.8. The second kappa shape index (κ2) is 13.9. The number of rotatable bonds is 14. The van der Waals surface area contributed by atoms with Gasteiger partial charge in [-0.1, -0.05) is 65.0 Å². The third kappa shape index (κ3) is 8.86. The molecule has 0 N–H and O–H groups in total. The van der Waals surface area contributed by atoms with E-state index < -0.39 is 35.1 Å². The zero-order valence-electron chi connectivity index (χ0n) is 25.0. The number of carbonyl (C=O) groups excluding carboxylic acids is 1. The average molecular weight is 575 g/mol. The molecular formula is C31H46O6SSi. The van der Waals surface area contributed by atoms with E-state index in [9.17, 15) is 13.2 Å². The third-order valence-electron chi connectivity index (χ3n) is 7.50. The van der Waals surface area contributed by atoms with Gasteiger partial charge in [0, 0.05) is 5.92 Å². The first-order valence-corrected chi connectivity index (χ1v) is 18.0. The van der Waals surface area contributed by atoms with Gasteiger partial charge in [-0.15, -0.1) is 0 Å². The lowest BCUT2D eigenvalue weighted by atomic mass is 10.0. The van der Waals surface area contributed by atoms with Gasteiger partial charge in [-0.05, 0) is 73.0 Å². The Hall–Kier alpha value is -2.26. The summed E-state index contributed by atoms with van der Waals surface area (Å²) in [6, 6.07) is 15.6. The van der Waals surface area contributed by atoms with Crippen LogP contribution in [0.4, 0.5) is 0 Å². The van der Waals surface area contributed by atoms with Crippen molar-refractivity contribution in [2.45, 2.75) is 89.0 Å². The summed E-state index contributed by atoms with van der Waals surface area (Å²) in [7, 11) is -4.45. The Labute approximate surface area is 236 Å². The van der Waals surface area contributed by atoms with E-state index in [0.29, 0.717) is 13.0 Å². The molecule has 3 atom stereocenters. The summed E-state index contributed by atoms with van der Waals surface area (Å²) in [4.78, 5) is 13.9. The summed E-state index contributed by atoms with van der Waals surface area (Å²) in [6.07, 6.45) is 1.92. The average Bonchev–Trinajstić information content (AvgIpc) is 2.87. The number of benzene rings is 2. The molecule has 8 heteroatoms. The van der Waals surface area contributed by atoms with Crippen molar-refractivity contribution in [3.63, 3.8) is 0 Å². The van der Waals surface area contributed by atoms with Crippen LogP contribution in [0.2, 0.25) is 18.1 Å². The predicted octanol–water partition coefficient (Wildman–Crippen LogP) is 7.01. The van der Waals surface area contributed by atoms with Crippen LogP contribution in [0.25, 0.3) is 0 Å². The molecule has 2 rings (SSSR count). The molecule has 0 aliphatic carbocycles. The van der Waals surface area contributed by atoms with Crippen molar-refractivity contribution in [2.75, 3.05) is 13.7 Å². The quantitative estimate of drug-likeness (QED) is 0.178. The monoisotopic (exact) mass is 574 g/mol. The van der Waals surface area contributed by atoms with E-state index in [1.54, 1.807) is 32.2 Å². The number of sulfone groups is 1. The highest BCUT2D eigenvalue weighted by Crippen LogP contribution is 2.38. The molecule has 0 aromatic heterocycles. The molecule has 216 valence electrons. The fourth-order valence-electron chi connectivity index (χ4n) is 4.10. The minimum absolute atomic E-state index is 0.0135. The van der Waals surface area contributed by atoms with E-state index in [2.05, 4.69) is 33.9 Å². The third-order valence-corrected chi connectivity index (χ3v) is 14.3. The lowest BCUT2D eigenvalue weighted by molar-refractivity contribution is -0.115. The van der Waals surface area contributed by atoms with Gasteiger partial charge in [0.25, 0.3) is 0 Å². The molecule has 39 heavy (non-hydrogen) atoms. The molecule has 0 saturated heterocycles. The molecule has 0 spiro atoms. The molecule has 1 unspecified atom stereocenters. The van der Waals surface area contributed by atoms with E-state index in [1.807, 2.05) is 38.1 Å². The van der Waals surface area contributed by atoms with Gasteiger partial charge in [0.2, 0.25) is 0 Å². The van der Waals surface area contributed by atoms with E-state index in [4.69, 9.17) is 13.9 Å². The maximum Gasteiger partial charge on any atom is 0.192 e.